The number of likely N-dealkylation sites (N-methyl/N-ethyl adjacent to an activating group) is 1. The fourth-order valence-corrected chi connectivity index (χ4v) is 7.65. The topological polar surface area (TPSA) is 134 Å². The molecule has 42 heavy (non-hydrogen) atoms. The number of nitro groups is 1. The van der Waals surface area contributed by atoms with Gasteiger partial charge in [0.25, 0.3) is 11.6 Å². The number of phenolic OH excluding ortho intramolecular Hbond substituents is 1. The van der Waals surface area contributed by atoms with Gasteiger partial charge in [-0.3, -0.25) is 14.9 Å². The van der Waals surface area contributed by atoms with Gasteiger partial charge in [0.1, 0.15) is 18.0 Å². The fourth-order valence-electron chi connectivity index (χ4n) is 7.65. The molecule has 2 aliphatic carbocycles. The lowest BCUT2D eigenvalue weighted by Crippen LogP contribution is -2.64. The van der Waals surface area contributed by atoms with E-state index < -0.39 is 28.5 Å². The average Bonchev–Trinajstić information content (AvgIpc) is 3.35. The van der Waals surface area contributed by atoms with E-state index in [2.05, 4.69) is 23.3 Å². The molecule has 1 fully saturated rings. The summed E-state index contributed by atoms with van der Waals surface area (Å²) in [6.07, 6.45) is 3.94. The first-order valence-electron chi connectivity index (χ1n) is 14.1. The van der Waals surface area contributed by atoms with Gasteiger partial charge in [-0.25, -0.2) is 0 Å². The number of rotatable bonds is 6. The van der Waals surface area contributed by atoms with E-state index in [0.717, 1.165) is 29.7 Å². The number of ether oxygens (including phenoxy) is 2. The number of hydrogen-bond donors (Lipinski definition) is 3. The summed E-state index contributed by atoms with van der Waals surface area (Å²) < 4.78 is 11.5. The second kappa shape index (κ2) is 9.57. The Hall–Kier alpha value is -4.41. The number of aromatic hydroxyl groups is 1. The minimum absolute atomic E-state index is 0.0706. The van der Waals surface area contributed by atoms with Gasteiger partial charge in [0.05, 0.1) is 17.6 Å². The smallest absolute Gasteiger partial charge is 0.270 e. The van der Waals surface area contributed by atoms with Crippen LogP contribution in [-0.4, -0.2) is 64.9 Å². The summed E-state index contributed by atoms with van der Waals surface area (Å²) in [5, 5.41) is 36.9. The van der Waals surface area contributed by atoms with Gasteiger partial charge in [-0.2, -0.15) is 0 Å². The Labute approximate surface area is 242 Å². The monoisotopic (exact) mass is 569 g/mol. The molecule has 1 amide bonds. The number of nitro benzene ring substituents is 1. The molecule has 0 saturated carbocycles. The molecule has 0 aromatic heterocycles. The molecule has 7 rings (SSSR count). The van der Waals surface area contributed by atoms with Gasteiger partial charge < -0.3 is 29.9 Å². The van der Waals surface area contributed by atoms with Crippen LogP contribution in [-0.2, 0) is 18.4 Å². The molecule has 3 aromatic carbocycles. The number of phenols is 1. The fraction of sp³-hybridized carbons (Fsp3) is 0.344. The van der Waals surface area contributed by atoms with Crippen LogP contribution >= 0.6 is 0 Å². The SMILES string of the molecule is COc1ccc(CNC(=O)c2cc([N+](=O)[O-])ccc2-c2cc(O)c3c4c2C[C@@H]2[C@@H]5C=C[C@H](O)[C@H](O3)[C@]45CCN2C)cc1. The van der Waals surface area contributed by atoms with Crippen molar-refractivity contribution in [2.45, 2.75) is 43.1 Å². The van der Waals surface area contributed by atoms with Crippen LogP contribution in [0.4, 0.5) is 5.69 Å². The minimum atomic E-state index is -0.815. The van der Waals surface area contributed by atoms with Crippen LogP contribution in [0.3, 0.4) is 0 Å². The molecule has 0 radical (unpaired) electrons. The van der Waals surface area contributed by atoms with Gasteiger partial charge in [0, 0.05) is 41.6 Å². The number of benzene rings is 3. The summed E-state index contributed by atoms with van der Waals surface area (Å²) in [4.78, 5) is 27.2. The van der Waals surface area contributed by atoms with Crippen LogP contribution in [0.1, 0.15) is 33.5 Å². The highest BCUT2D eigenvalue weighted by Crippen LogP contribution is 2.63. The molecular weight excluding hydrogens is 538 g/mol. The first-order chi connectivity index (χ1) is 20.2. The van der Waals surface area contributed by atoms with E-state index in [1.165, 1.54) is 12.1 Å². The highest BCUT2D eigenvalue weighted by Gasteiger charge is 2.64. The first-order valence-corrected chi connectivity index (χ1v) is 14.1. The Bertz CT molecular complexity index is 1650. The maximum atomic E-state index is 13.7. The van der Waals surface area contributed by atoms with Crippen LogP contribution in [0.25, 0.3) is 11.1 Å². The molecule has 10 heteroatoms. The normalized spacial score (nSPS) is 26.7. The molecule has 10 nitrogen and oxygen atoms in total. The highest BCUT2D eigenvalue weighted by atomic mass is 16.6. The summed E-state index contributed by atoms with van der Waals surface area (Å²) in [7, 11) is 3.67. The molecule has 216 valence electrons. The van der Waals surface area contributed by atoms with Gasteiger partial charge in [0.15, 0.2) is 11.5 Å². The molecule has 3 aromatic rings. The number of carbonyl (C=O) groups excluding carboxylic acids is 1. The maximum absolute atomic E-state index is 13.7. The van der Waals surface area contributed by atoms with Crippen molar-refractivity contribution in [3.05, 3.63) is 93.1 Å². The summed E-state index contributed by atoms with van der Waals surface area (Å²) in [6.45, 7) is 1.03. The third-order valence-corrected chi connectivity index (χ3v) is 9.64. The van der Waals surface area contributed by atoms with Crippen molar-refractivity contribution in [3.63, 3.8) is 0 Å². The number of non-ortho nitro benzene ring substituents is 1. The second-order valence-electron chi connectivity index (χ2n) is 11.6. The summed E-state index contributed by atoms with van der Waals surface area (Å²) >= 11 is 0. The molecular formula is C32H31N3O7. The molecule has 0 unspecified atom stereocenters. The zero-order valence-corrected chi connectivity index (χ0v) is 23.2. The van der Waals surface area contributed by atoms with Crippen molar-refractivity contribution in [1.29, 1.82) is 0 Å². The minimum Gasteiger partial charge on any atom is -0.504 e. The van der Waals surface area contributed by atoms with E-state index in [4.69, 9.17) is 9.47 Å². The van der Waals surface area contributed by atoms with E-state index >= 15 is 0 Å². The average molecular weight is 570 g/mol. The predicted octanol–water partition coefficient (Wildman–Crippen LogP) is 3.71. The van der Waals surface area contributed by atoms with Gasteiger partial charge >= 0.3 is 0 Å². The predicted molar refractivity (Wildman–Crippen MR) is 154 cm³/mol. The van der Waals surface area contributed by atoms with Gasteiger partial charge in [-0.1, -0.05) is 24.3 Å². The van der Waals surface area contributed by atoms with Gasteiger partial charge in [0.2, 0.25) is 0 Å². The van der Waals surface area contributed by atoms with E-state index in [0.29, 0.717) is 29.0 Å². The van der Waals surface area contributed by atoms with Gasteiger partial charge in [-0.05, 0) is 73.0 Å². The van der Waals surface area contributed by atoms with Crippen LogP contribution < -0.4 is 14.8 Å². The number of nitrogens with one attached hydrogen (secondary N) is 1. The van der Waals surface area contributed by atoms with E-state index in [1.54, 1.807) is 37.5 Å². The van der Waals surface area contributed by atoms with Crippen LogP contribution in [0.2, 0.25) is 0 Å². The molecule has 2 heterocycles. The lowest BCUT2D eigenvalue weighted by Gasteiger charge is -2.56. The Morgan fingerprint density at radius 3 is 2.71 bits per heavy atom. The number of nitrogens with zero attached hydrogens (tertiary/aromatic N) is 2. The summed E-state index contributed by atoms with van der Waals surface area (Å²) in [5.74, 6) is 0.643. The second-order valence-corrected chi connectivity index (χ2v) is 11.6. The number of likely N-dealkylation sites (tertiary alicyclic amines) is 1. The Morgan fingerprint density at radius 2 is 1.98 bits per heavy atom. The van der Waals surface area contributed by atoms with E-state index in [-0.39, 0.29) is 35.5 Å². The zero-order valence-electron chi connectivity index (χ0n) is 23.2. The van der Waals surface area contributed by atoms with Crippen molar-refractivity contribution < 1.29 is 29.4 Å². The Balaban J connectivity index is 1.35. The van der Waals surface area contributed by atoms with Crippen molar-refractivity contribution in [2.75, 3.05) is 20.7 Å². The molecule has 4 aliphatic rings. The summed E-state index contributed by atoms with van der Waals surface area (Å²) in [5.41, 5.74) is 3.24. The van der Waals surface area contributed by atoms with E-state index in [1.807, 2.05) is 12.1 Å². The Morgan fingerprint density at radius 1 is 1.19 bits per heavy atom. The lowest BCUT2D eigenvalue weighted by molar-refractivity contribution is -0.384. The van der Waals surface area contributed by atoms with Gasteiger partial charge in [-0.15, -0.1) is 0 Å². The van der Waals surface area contributed by atoms with Crippen LogP contribution in [0.5, 0.6) is 17.2 Å². The van der Waals surface area contributed by atoms with E-state index in [9.17, 15) is 25.1 Å². The quantitative estimate of drug-likeness (QED) is 0.232. The third kappa shape index (κ3) is 3.75. The first kappa shape index (κ1) is 26.5. The van der Waals surface area contributed by atoms with Crippen molar-refractivity contribution in [3.8, 4) is 28.4 Å². The molecule has 3 N–H and O–H groups in total. The number of aliphatic hydroxyl groups is 1. The zero-order chi connectivity index (χ0) is 29.3. The van der Waals surface area contributed by atoms with Crippen molar-refractivity contribution in [1.82, 2.24) is 10.2 Å². The largest absolute Gasteiger partial charge is 0.504 e. The molecule has 2 bridgehead atoms. The molecule has 2 aliphatic heterocycles. The number of carbonyl (C=O) groups is 1. The van der Waals surface area contributed by atoms with Crippen LogP contribution in [0, 0.1) is 16.0 Å². The lowest BCUT2D eigenvalue weighted by atomic mass is 9.53. The number of methoxy groups -OCH3 is 1. The third-order valence-electron chi connectivity index (χ3n) is 9.64. The van der Waals surface area contributed by atoms with Crippen molar-refractivity contribution in [2.24, 2.45) is 5.92 Å². The molecule has 1 saturated heterocycles. The van der Waals surface area contributed by atoms with Crippen molar-refractivity contribution >= 4 is 11.6 Å². The maximum Gasteiger partial charge on any atom is 0.270 e. The number of aliphatic hydroxyl groups excluding tert-OH is 1. The number of hydrogen-bond acceptors (Lipinski definition) is 8. The number of amides is 1. The summed E-state index contributed by atoms with van der Waals surface area (Å²) in [6, 6.07) is 13.3. The molecule has 1 spiro atoms. The van der Waals surface area contributed by atoms with Crippen LogP contribution in [0.15, 0.2) is 60.7 Å². The number of piperidine rings is 1. The molecule has 5 atom stereocenters. The highest BCUT2D eigenvalue weighted by molar-refractivity contribution is 6.02. The standard InChI is InChI=1S/C32H31N3O7/c1-34-12-11-32-24-9-10-26(36)30(32)42-29-27(37)15-21(22(28(29)32)14-25(24)34)20-8-5-18(35(39)40)13-23(20)31(38)33-16-17-3-6-19(41-2)7-4-17/h3-10,13,15,24-26,30,36-37H,11-12,14,16H2,1-2H3,(H,33,38)/t24-,25+,26-,30-,32-/m0/s1. The Kier molecular flexibility index (Phi) is 6.04.